The van der Waals surface area contributed by atoms with Gasteiger partial charge in [-0.1, -0.05) is 29.8 Å². The van der Waals surface area contributed by atoms with E-state index in [1.165, 1.54) is 31.4 Å². The number of aromatic nitrogens is 2. The third-order valence-corrected chi connectivity index (χ3v) is 6.08. The number of carbonyl (C=O) groups is 3. The monoisotopic (exact) mass is 544 g/mol. The predicted octanol–water partition coefficient (Wildman–Crippen LogP) is 5.76. The lowest BCUT2D eigenvalue weighted by Gasteiger charge is -2.14. The number of alkyl halides is 3. The van der Waals surface area contributed by atoms with E-state index in [2.05, 4.69) is 25.3 Å². The molecule has 0 atom stereocenters. The Morgan fingerprint density at radius 1 is 1.00 bits per heavy atom. The third-order valence-electron chi connectivity index (χ3n) is 5.67. The molecule has 0 saturated heterocycles. The first-order valence-corrected chi connectivity index (χ1v) is 11.5. The molecule has 0 fully saturated rings. The molecule has 4 rings (SSSR count). The largest absolute Gasteiger partial charge is 0.469 e. The van der Waals surface area contributed by atoms with Crippen molar-refractivity contribution in [2.24, 2.45) is 0 Å². The molecule has 2 amide bonds. The minimum atomic E-state index is -4.75. The van der Waals surface area contributed by atoms with Crippen molar-refractivity contribution in [3.8, 4) is 0 Å². The van der Waals surface area contributed by atoms with Crippen LogP contribution in [0.2, 0.25) is 5.02 Å². The zero-order chi connectivity index (χ0) is 27.6. The van der Waals surface area contributed by atoms with Crippen molar-refractivity contribution in [2.75, 3.05) is 17.7 Å². The van der Waals surface area contributed by atoms with Crippen molar-refractivity contribution in [1.82, 2.24) is 9.97 Å². The van der Waals surface area contributed by atoms with Crippen molar-refractivity contribution < 1.29 is 32.3 Å². The lowest BCUT2D eigenvalue weighted by molar-refractivity contribution is -0.140. The molecular weight excluding hydrogens is 525 g/mol. The van der Waals surface area contributed by atoms with E-state index in [4.69, 9.17) is 11.6 Å². The highest BCUT2D eigenvalue weighted by Crippen LogP contribution is 2.33. The number of ether oxygens (including phenoxy) is 1. The lowest BCUT2D eigenvalue weighted by Crippen LogP contribution is -2.19. The van der Waals surface area contributed by atoms with Gasteiger partial charge in [0.15, 0.2) is 0 Å². The number of benzene rings is 3. The van der Waals surface area contributed by atoms with E-state index >= 15 is 0 Å². The Morgan fingerprint density at radius 2 is 1.71 bits per heavy atom. The number of anilines is 2. The highest BCUT2D eigenvalue weighted by molar-refractivity contribution is 6.31. The summed E-state index contributed by atoms with van der Waals surface area (Å²) in [5.74, 6) is -2.04. The molecule has 0 aliphatic rings. The van der Waals surface area contributed by atoms with Crippen LogP contribution < -0.4 is 10.6 Å². The van der Waals surface area contributed by atoms with Gasteiger partial charge in [-0.25, -0.2) is 4.98 Å². The summed E-state index contributed by atoms with van der Waals surface area (Å²) in [5.41, 5.74) is -0.190. The molecule has 12 heteroatoms. The smallest absolute Gasteiger partial charge is 0.417 e. The number of fused-ring (bicyclic) bond motifs is 1. The van der Waals surface area contributed by atoms with Crippen LogP contribution in [0.15, 0.2) is 54.6 Å². The summed E-state index contributed by atoms with van der Waals surface area (Å²) in [6.45, 7) is 1.71. The maximum absolute atomic E-state index is 13.4. The van der Waals surface area contributed by atoms with Crippen LogP contribution in [-0.2, 0) is 22.1 Å². The molecule has 1 aromatic heterocycles. The summed E-state index contributed by atoms with van der Waals surface area (Å²) >= 11 is 6.15. The number of aromatic amines is 1. The predicted molar refractivity (Wildman–Crippen MR) is 135 cm³/mol. The number of esters is 1. The molecule has 0 radical (unpaired) electrons. The Bertz CT molecular complexity index is 1570. The standard InChI is InChI=1S/C26H20ClF3N4O4/c1-13-18(27)8-5-9-19(13)33-25(37)16-10-14(11-20-23(16)34-21(32-20)12-22(35)38-2)31-24(36)15-6-3-4-7-17(15)26(28,29)30/h3-11H,12H2,1-2H3,(H,31,36)(H,32,34)(H,33,37). The first-order chi connectivity index (χ1) is 18.0. The number of amides is 2. The van der Waals surface area contributed by atoms with Crippen LogP contribution in [0.3, 0.4) is 0 Å². The molecule has 4 aromatic rings. The fraction of sp³-hybridized carbons (Fsp3) is 0.154. The van der Waals surface area contributed by atoms with Gasteiger partial charge >= 0.3 is 12.1 Å². The van der Waals surface area contributed by atoms with E-state index < -0.39 is 35.1 Å². The maximum atomic E-state index is 13.4. The number of carbonyl (C=O) groups excluding carboxylic acids is 3. The number of methoxy groups -OCH3 is 1. The topological polar surface area (TPSA) is 113 Å². The molecule has 38 heavy (non-hydrogen) atoms. The van der Waals surface area contributed by atoms with Gasteiger partial charge in [0.05, 0.1) is 29.3 Å². The van der Waals surface area contributed by atoms with Gasteiger partial charge in [0.25, 0.3) is 11.8 Å². The van der Waals surface area contributed by atoms with Gasteiger partial charge in [-0.15, -0.1) is 0 Å². The summed E-state index contributed by atoms with van der Waals surface area (Å²) < 4.78 is 45.0. The van der Waals surface area contributed by atoms with E-state index in [1.54, 1.807) is 25.1 Å². The molecule has 8 nitrogen and oxygen atoms in total. The second-order valence-electron chi connectivity index (χ2n) is 8.22. The van der Waals surface area contributed by atoms with Crippen molar-refractivity contribution in [3.05, 3.63) is 87.7 Å². The van der Waals surface area contributed by atoms with Crippen LogP contribution >= 0.6 is 11.6 Å². The molecule has 0 bridgehead atoms. The molecule has 0 aliphatic carbocycles. The van der Waals surface area contributed by atoms with Gasteiger partial charge in [-0.2, -0.15) is 13.2 Å². The van der Waals surface area contributed by atoms with Gasteiger partial charge in [0.1, 0.15) is 17.8 Å². The first kappa shape index (κ1) is 26.7. The van der Waals surface area contributed by atoms with Gasteiger partial charge in [-0.05, 0) is 48.9 Å². The first-order valence-electron chi connectivity index (χ1n) is 11.1. The van der Waals surface area contributed by atoms with Gasteiger partial charge in [-0.3, -0.25) is 14.4 Å². The number of rotatable bonds is 6. The number of nitrogens with zero attached hydrogens (tertiary/aromatic N) is 1. The Hall–Kier alpha value is -4.38. The minimum Gasteiger partial charge on any atom is -0.469 e. The summed E-state index contributed by atoms with van der Waals surface area (Å²) in [6.07, 6.45) is -4.97. The molecular formula is C26H20ClF3N4O4. The van der Waals surface area contributed by atoms with Crippen LogP contribution in [0.4, 0.5) is 24.5 Å². The molecule has 0 spiro atoms. The van der Waals surface area contributed by atoms with Crippen molar-refractivity contribution in [1.29, 1.82) is 0 Å². The van der Waals surface area contributed by atoms with E-state index in [9.17, 15) is 27.6 Å². The zero-order valence-corrected chi connectivity index (χ0v) is 20.8. The molecule has 0 unspecified atom stereocenters. The van der Waals surface area contributed by atoms with Crippen molar-refractivity contribution in [2.45, 2.75) is 19.5 Å². The second kappa shape index (κ2) is 10.5. The number of hydrogen-bond acceptors (Lipinski definition) is 5. The second-order valence-corrected chi connectivity index (χ2v) is 8.63. The molecule has 1 heterocycles. The summed E-state index contributed by atoms with van der Waals surface area (Å²) in [5, 5.41) is 5.58. The Balaban J connectivity index is 1.76. The van der Waals surface area contributed by atoms with Gasteiger partial charge < -0.3 is 20.4 Å². The Morgan fingerprint density at radius 3 is 2.42 bits per heavy atom. The van der Waals surface area contributed by atoms with Gasteiger partial charge in [0.2, 0.25) is 0 Å². The SMILES string of the molecule is COC(=O)Cc1nc2c(C(=O)Nc3cccc(Cl)c3C)cc(NC(=O)c3ccccc3C(F)(F)F)cc2[nH]1. The maximum Gasteiger partial charge on any atom is 0.417 e. The number of halogens is 4. The molecule has 3 aromatic carbocycles. The van der Waals surface area contributed by atoms with Crippen LogP contribution in [0.25, 0.3) is 11.0 Å². The average molecular weight is 545 g/mol. The highest BCUT2D eigenvalue weighted by atomic mass is 35.5. The summed E-state index contributed by atoms with van der Waals surface area (Å²) in [7, 11) is 1.21. The number of imidazole rings is 1. The fourth-order valence-corrected chi connectivity index (χ4v) is 3.94. The molecule has 3 N–H and O–H groups in total. The zero-order valence-electron chi connectivity index (χ0n) is 20.0. The minimum absolute atomic E-state index is 0.00588. The Labute approximate surface area is 219 Å². The number of hydrogen-bond donors (Lipinski definition) is 3. The van der Waals surface area contributed by atoms with Gasteiger partial charge in [0, 0.05) is 16.4 Å². The Kier molecular flexibility index (Phi) is 7.40. The third kappa shape index (κ3) is 5.62. The van der Waals surface area contributed by atoms with Crippen molar-refractivity contribution in [3.63, 3.8) is 0 Å². The quantitative estimate of drug-likeness (QED) is 0.267. The van der Waals surface area contributed by atoms with Crippen LogP contribution in [-0.4, -0.2) is 34.9 Å². The van der Waals surface area contributed by atoms with Crippen molar-refractivity contribution >= 4 is 51.8 Å². The molecule has 196 valence electrons. The normalized spacial score (nSPS) is 11.3. The summed E-state index contributed by atoms with van der Waals surface area (Å²) in [4.78, 5) is 45.1. The highest BCUT2D eigenvalue weighted by Gasteiger charge is 2.35. The number of nitrogens with one attached hydrogen (secondary N) is 3. The molecule has 0 saturated carbocycles. The van der Waals surface area contributed by atoms with Crippen LogP contribution in [0, 0.1) is 6.92 Å². The average Bonchev–Trinajstić information content (AvgIpc) is 3.27. The number of H-pyrrole nitrogens is 1. The van der Waals surface area contributed by atoms with E-state index in [-0.39, 0.29) is 34.5 Å². The van der Waals surface area contributed by atoms with Crippen LogP contribution in [0.5, 0.6) is 0 Å². The fourth-order valence-electron chi connectivity index (χ4n) is 3.77. The van der Waals surface area contributed by atoms with Crippen LogP contribution in [0.1, 0.15) is 37.7 Å². The van der Waals surface area contributed by atoms with E-state index in [0.29, 0.717) is 16.3 Å². The van der Waals surface area contributed by atoms with E-state index in [0.717, 1.165) is 12.1 Å². The van der Waals surface area contributed by atoms with E-state index in [1.807, 2.05) is 0 Å². The molecule has 0 aliphatic heterocycles. The summed E-state index contributed by atoms with van der Waals surface area (Å²) in [6, 6.07) is 12.0. The lowest BCUT2D eigenvalue weighted by atomic mass is 10.1.